The molecule has 0 amide bonds. The molecule has 11 heavy (non-hydrogen) atoms. The first-order valence-corrected chi connectivity index (χ1v) is 3.74. The van der Waals surface area contributed by atoms with Crippen molar-refractivity contribution < 1.29 is 14.6 Å². The molecule has 1 heterocycles. The van der Waals surface area contributed by atoms with Crippen LogP contribution >= 0.6 is 11.6 Å². The van der Waals surface area contributed by atoms with Gasteiger partial charge in [0.1, 0.15) is 18.0 Å². The van der Waals surface area contributed by atoms with E-state index in [0.29, 0.717) is 5.76 Å². The molecule has 2 unspecified atom stereocenters. The topological polar surface area (TPSA) is 53.6 Å². The Morgan fingerprint density at radius 1 is 1.55 bits per heavy atom. The van der Waals surface area contributed by atoms with E-state index in [1.165, 1.54) is 6.26 Å². The van der Waals surface area contributed by atoms with Crippen LogP contribution in [0.15, 0.2) is 22.8 Å². The van der Waals surface area contributed by atoms with Gasteiger partial charge in [0.05, 0.1) is 12.1 Å². The van der Waals surface area contributed by atoms with E-state index in [9.17, 15) is 5.11 Å². The monoisotopic (exact) mass is 176 g/mol. The van der Waals surface area contributed by atoms with Gasteiger partial charge in [0.15, 0.2) is 0 Å². The van der Waals surface area contributed by atoms with Gasteiger partial charge in [0.2, 0.25) is 0 Å². The first-order chi connectivity index (χ1) is 5.25. The lowest BCUT2D eigenvalue weighted by Gasteiger charge is -2.11. The lowest BCUT2D eigenvalue weighted by atomic mass is 10.2. The van der Waals surface area contributed by atoms with E-state index in [1.54, 1.807) is 12.1 Å². The van der Waals surface area contributed by atoms with Crippen LogP contribution in [0.25, 0.3) is 0 Å². The summed E-state index contributed by atoms with van der Waals surface area (Å²) in [7, 11) is 0. The van der Waals surface area contributed by atoms with E-state index < -0.39 is 12.2 Å². The molecule has 62 valence electrons. The zero-order valence-electron chi connectivity index (χ0n) is 5.77. The number of hydrogen-bond acceptors (Lipinski definition) is 3. The maximum absolute atomic E-state index is 9.25. The van der Waals surface area contributed by atoms with Crippen LogP contribution in [0, 0.1) is 0 Å². The molecule has 2 N–H and O–H groups in total. The van der Waals surface area contributed by atoms with Gasteiger partial charge in [-0.15, -0.1) is 11.6 Å². The van der Waals surface area contributed by atoms with Gasteiger partial charge < -0.3 is 14.6 Å². The maximum atomic E-state index is 9.25. The summed E-state index contributed by atoms with van der Waals surface area (Å²) in [5.74, 6) is 0.320. The van der Waals surface area contributed by atoms with Gasteiger partial charge in [-0.05, 0) is 12.1 Å². The van der Waals surface area contributed by atoms with Gasteiger partial charge in [0, 0.05) is 0 Å². The lowest BCUT2D eigenvalue weighted by Crippen LogP contribution is -2.18. The number of halogens is 1. The molecule has 2 atom stereocenters. The molecule has 0 bridgehead atoms. The molecule has 1 aromatic rings. The van der Waals surface area contributed by atoms with Gasteiger partial charge in [-0.3, -0.25) is 0 Å². The highest BCUT2D eigenvalue weighted by atomic mass is 35.5. The molecule has 0 spiro atoms. The Morgan fingerprint density at radius 2 is 2.27 bits per heavy atom. The molecule has 0 aromatic carbocycles. The fourth-order valence-electron chi connectivity index (χ4n) is 0.734. The lowest BCUT2D eigenvalue weighted by molar-refractivity contribution is 0.0189. The maximum Gasteiger partial charge on any atom is 0.139 e. The highest BCUT2D eigenvalue weighted by Gasteiger charge is 2.19. The van der Waals surface area contributed by atoms with Gasteiger partial charge >= 0.3 is 0 Å². The van der Waals surface area contributed by atoms with Crippen LogP contribution in [0.4, 0.5) is 0 Å². The second-order valence-electron chi connectivity index (χ2n) is 2.18. The van der Waals surface area contributed by atoms with Crippen LogP contribution in [-0.2, 0) is 0 Å². The van der Waals surface area contributed by atoms with Crippen LogP contribution in [0.5, 0.6) is 0 Å². The third kappa shape index (κ3) is 1.96. The van der Waals surface area contributed by atoms with Crippen molar-refractivity contribution in [3.8, 4) is 0 Å². The standard InChI is InChI=1S/C7H9ClO3/c8-4-5(9)7(10)6-2-1-3-11-6/h1-3,5,7,9-10H,4H2. The summed E-state index contributed by atoms with van der Waals surface area (Å²) in [5, 5.41) is 18.3. The number of aliphatic hydroxyl groups excluding tert-OH is 2. The molecule has 1 rings (SSSR count). The van der Waals surface area contributed by atoms with E-state index in [4.69, 9.17) is 21.1 Å². The molecule has 0 aliphatic heterocycles. The number of hydrogen-bond donors (Lipinski definition) is 2. The normalized spacial score (nSPS) is 16.3. The number of rotatable bonds is 3. The Morgan fingerprint density at radius 3 is 2.73 bits per heavy atom. The number of furan rings is 1. The van der Waals surface area contributed by atoms with Gasteiger partial charge in [-0.25, -0.2) is 0 Å². The van der Waals surface area contributed by atoms with Crippen molar-refractivity contribution in [1.82, 2.24) is 0 Å². The van der Waals surface area contributed by atoms with Crippen molar-refractivity contribution in [3.63, 3.8) is 0 Å². The summed E-state index contributed by atoms with van der Waals surface area (Å²) in [6.07, 6.45) is -0.565. The number of aliphatic hydroxyl groups is 2. The summed E-state index contributed by atoms with van der Waals surface area (Å²) in [6.45, 7) is 0. The van der Waals surface area contributed by atoms with Crippen LogP contribution in [0.1, 0.15) is 11.9 Å². The van der Waals surface area contributed by atoms with E-state index in [0.717, 1.165) is 0 Å². The smallest absolute Gasteiger partial charge is 0.139 e. The second-order valence-corrected chi connectivity index (χ2v) is 2.49. The second kappa shape index (κ2) is 3.76. The fraction of sp³-hybridized carbons (Fsp3) is 0.429. The van der Waals surface area contributed by atoms with Crippen molar-refractivity contribution in [3.05, 3.63) is 24.2 Å². The summed E-state index contributed by atoms with van der Waals surface area (Å²) < 4.78 is 4.85. The number of alkyl halides is 1. The Balaban J connectivity index is 2.62. The average molecular weight is 177 g/mol. The highest BCUT2D eigenvalue weighted by Crippen LogP contribution is 2.17. The van der Waals surface area contributed by atoms with Crippen molar-refractivity contribution >= 4 is 11.6 Å². The molecule has 0 aliphatic rings. The molecule has 0 saturated heterocycles. The minimum atomic E-state index is -1.03. The van der Waals surface area contributed by atoms with Crippen molar-refractivity contribution in [1.29, 1.82) is 0 Å². The Bertz CT molecular complexity index is 197. The molecular formula is C7H9ClO3. The van der Waals surface area contributed by atoms with E-state index in [1.807, 2.05) is 0 Å². The largest absolute Gasteiger partial charge is 0.466 e. The zero-order valence-corrected chi connectivity index (χ0v) is 6.53. The molecule has 0 fully saturated rings. The predicted octanol–water partition coefficient (Wildman–Crippen LogP) is 0.913. The van der Waals surface area contributed by atoms with E-state index in [-0.39, 0.29) is 5.88 Å². The summed E-state index contributed by atoms with van der Waals surface area (Å²) in [5.41, 5.74) is 0. The SMILES string of the molecule is OC(CCl)C(O)c1ccco1. The summed E-state index contributed by atoms with van der Waals surface area (Å²) in [6, 6.07) is 3.22. The molecule has 3 nitrogen and oxygen atoms in total. The molecular weight excluding hydrogens is 168 g/mol. The Kier molecular flexibility index (Phi) is 2.93. The molecule has 4 heteroatoms. The minimum absolute atomic E-state index is 0.0120. The molecule has 1 aromatic heterocycles. The van der Waals surface area contributed by atoms with Crippen LogP contribution in [0.3, 0.4) is 0 Å². The van der Waals surface area contributed by atoms with E-state index in [2.05, 4.69) is 0 Å². The van der Waals surface area contributed by atoms with Crippen LogP contribution in [0.2, 0.25) is 0 Å². The van der Waals surface area contributed by atoms with Crippen molar-refractivity contribution in [2.75, 3.05) is 5.88 Å². The summed E-state index contributed by atoms with van der Waals surface area (Å²) in [4.78, 5) is 0. The highest BCUT2D eigenvalue weighted by molar-refractivity contribution is 6.18. The molecule has 0 aliphatic carbocycles. The van der Waals surface area contributed by atoms with Crippen LogP contribution in [-0.4, -0.2) is 22.2 Å². The fourth-order valence-corrected chi connectivity index (χ4v) is 0.902. The van der Waals surface area contributed by atoms with Gasteiger partial charge in [0.25, 0.3) is 0 Å². The first-order valence-electron chi connectivity index (χ1n) is 3.21. The molecule has 0 radical (unpaired) electrons. The zero-order chi connectivity index (χ0) is 8.27. The van der Waals surface area contributed by atoms with Crippen molar-refractivity contribution in [2.45, 2.75) is 12.2 Å². The summed E-state index contributed by atoms with van der Waals surface area (Å²) >= 11 is 5.31. The van der Waals surface area contributed by atoms with Crippen LogP contribution < -0.4 is 0 Å². The van der Waals surface area contributed by atoms with E-state index >= 15 is 0 Å². The average Bonchev–Trinajstić information content (AvgIpc) is 2.53. The Labute approximate surface area is 69.2 Å². The third-order valence-electron chi connectivity index (χ3n) is 1.36. The first kappa shape index (κ1) is 8.59. The third-order valence-corrected chi connectivity index (χ3v) is 1.67. The van der Waals surface area contributed by atoms with Crippen molar-refractivity contribution in [2.24, 2.45) is 0 Å². The van der Waals surface area contributed by atoms with Gasteiger partial charge in [-0.1, -0.05) is 0 Å². The Hall–Kier alpha value is -0.510. The minimum Gasteiger partial charge on any atom is -0.466 e. The molecule has 0 saturated carbocycles. The van der Waals surface area contributed by atoms with Gasteiger partial charge in [-0.2, -0.15) is 0 Å². The predicted molar refractivity (Wildman–Crippen MR) is 40.4 cm³/mol. The quantitative estimate of drug-likeness (QED) is 0.674.